The minimum absolute atomic E-state index is 0.0660. The van der Waals surface area contributed by atoms with Crippen molar-refractivity contribution in [3.8, 4) is 5.75 Å². The van der Waals surface area contributed by atoms with Crippen molar-refractivity contribution < 1.29 is 14.3 Å². The number of nitrogens with two attached hydrogens (primary N) is 1. The lowest BCUT2D eigenvalue weighted by atomic mass is 10.2. The van der Waals surface area contributed by atoms with Gasteiger partial charge in [-0.2, -0.15) is 0 Å². The summed E-state index contributed by atoms with van der Waals surface area (Å²) in [6, 6.07) is 5.03. The first-order chi connectivity index (χ1) is 9.10. The summed E-state index contributed by atoms with van der Waals surface area (Å²) >= 11 is 0. The van der Waals surface area contributed by atoms with E-state index in [-0.39, 0.29) is 18.4 Å². The fourth-order valence-corrected chi connectivity index (χ4v) is 1.54. The molecule has 0 aliphatic heterocycles. The molecular formula is C13H19N3O3. The zero-order valence-corrected chi connectivity index (χ0v) is 11.2. The Kier molecular flexibility index (Phi) is 5.81. The summed E-state index contributed by atoms with van der Waals surface area (Å²) in [6.07, 6.45) is 1.23. The van der Waals surface area contributed by atoms with Crippen LogP contribution in [0.2, 0.25) is 0 Å². The lowest BCUT2D eigenvalue weighted by molar-refractivity contribution is -0.116. The molecule has 0 aromatic heterocycles. The van der Waals surface area contributed by atoms with Crippen LogP contribution >= 0.6 is 0 Å². The molecule has 0 bridgehead atoms. The number of nitrogens with one attached hydrogen (secondary N) is 2. The van der Waals surface area contributed by atoms with Gasteiger partial charge in [-0.25, -0.2) is 0 Å². The second-order valence-electron chi connectivity index (χ2n) is 3.97. The monoisotopic (exact) mass is 265 g/mol. The molecule has 0 fully saturated rings. The van der Waals surface area contributed by atoms with Crippen LogP contribution in [0.4, 0.5) is 11.4 Å². The number of carbonyl (C=O) groups is 2. The number of benzene rings is 1. The van der Waals surface area contributed by atoms with Gasteiger partial charge in [-0.3, -0.25) is 9.59 Å². The Morgan fingerprint density at radius 3 is 2.58 bits per heavy atom. The van der Waals surface area contributed by atoms with Crippen LogP contribution in [0.15, 0.2) is 18.2 Å². The normalized spacial score (nSPS) is 9.84. The zero-order valence-electron chi connectivity index (χ0n) is 11.2. The molecule has 6 heteroatoms. The summed E-state index contributed by atoms with van der Waals surface area (Å²) in [5.41, 5.74) is 6.33. The number of hydrogen-bond acceptors (Lipinski definition) is 4. The van der Waals surface area contributed by atoms with Crippen molar-refractivity contribution in [3.05, 3.63) is 18.2 Å². The second kappa shape index (κ2) is 7.38. The third-order valence-corrected chi connectivity index (χ3v) is 2.42. The van der Waals surface area contributed by atoms with Crippen LogP contribution < -0.4 is 21.1 Å². The number of anilines is 2. The van der Waals surface area contributed by atoms with E-state index in [1.807, 2.05) is 6.92 Å². The Hall–Kier alpha value is -2.08. The molecule has 1 rings (SSSR count). The number of rotatable bonds is 6. The van der Waals surface area contributed by atoms with Crippen molar-refractivity contribution in [1.82, 2.24) is 0 Å². The summed E-state index contributed by atoms with van der Waals surface area (Å²) < 4.78 is 5.13. The van der Waals surface area contributed by atoms with Crippen LogP contribution in [-0.4, -0.2) is 25.5 Å². The van der Waals surface area contributed by atoms with Crippen LogP contribution in [0, 0.1) is 0 Å². The van der Waals surface area contributed by atoms with E-state index in [0.29, 0.717) is 23.5 Å². The standard InChI is InChI=1S/C13H19N3O3/c1-3-4-12(17)15-9-5-6-11(19-2)10(7-9)16-13(18)8-14/h5-7H,3-4,8,14H2,1-2H3,(H,15,17)(H,16,18). The molecule has 6 nitrogen and oxygen atoms in total. The van der Waals surface area contributed by atoms with Gasteiger partial charge in [-0.05, 0) is 24.6 Å². The molecule has 104 valence electrons. The Bertz CT molecular complexity index is 460. The first-order valence-electron chi connectivity index (χ1n) is 6.08. The largest absolute Gasteiger partial charge is 0.495 e. The van der Waals surface area contributed by atoms with Gasteiger partial charge in [0.2, 0.25) is 11.8 Å². The van der Waals surface area contributed by atoms with E-state index in [0.717, 1.165) is 6.42 Å². The molecule has 0 heterocycles. The molecule has 0 aliphatic rings. The second-order valence-corrected chi connectivity index (χ2v) is 3.97. The highest BCUT2D eigenvalue weighted by atomic mass is 16.5. The van der Waals surface area contributed by atoms with Crippen molar-refractivity contribution in [2.24, 2.45) is 5.73 Å². The van der Waals surface area contributed by atoms with E-state index < -0.39 is 0 Å². The molecule has 2 amide bonds. The van der Waals surface area contributed by atoms with Crippen LogP contribution in [-0.2, 0) is 9.59 Å². The Morgan fingerprint density at radius 1 is 1.26 bits per heavy atom. The van der Waals surface area contributed by atoms with E-state index in [1.54, 1.807) is 18.2 Å². The quantitative estimate of drug-likeness (QED) is 0.723. The molecule has 0 saturated heterocycles. The number of carbonyl (C=O) groups excluding carboxylic acids is 2. The third kappa shape index (κ3) is 4.59. The molecule has 4 N–H and O–H groups in total. The SMILES string of the molecule is CCCC(=O)Nc1ccc(OC)c(NC(=O)CN)c1. The minimum atomic E-state index is -0.324. The molecule has 0 radical (unpaired) electrons. The van der Waals surface area contributed by atoms with Gasteiger partial charge in [0.1, 0.15) is 5.75 Å². The van der Waals surface area contributed by atoms with Crippen molar-refractivity contribution in [1.29, 1.82) is 0 Å². The molecule has 0 unspecified atom stereocenters. The van der Waals surface area contributed by atoms with Gasteiger partial charge in [-0.1, -0.05) is 6.92 Å². The average molecular weight is 265 g/mol. The van der Waals surface area contributed by atoms with Crippen LogP contribution in [0.1, 0.15) is 19.8 Å². The maximum Gasteiger partial charge on any atom is 0.238 e. The van der Waals surface area contributed by atoms with Crippen molar-refractivity contribution in [3.63, 3.8) is 0 Å². The molecular weight excluding hydrogens is 246 g/mol. The number of methoxy groups -OCH3 is 1. The third-order valence-electron chi connectivity index (χ3n) is 2.42. The Balaban J connectivity index is 2.88. The number of amides is 2. The van der Waals surface area contributed by atoms with Gasteiger partial charge in [0.25, 0.3) is 0 Å². The smallest absolute Gasteiger partial charge is 0.238 e. The predicted octanol–water partition coefficient (Wildman–Crippen LogP) is 1.33. The van der Waals surface area contributed by atoms with E-state index in [1.165, 1.54) is 7.11 Å². The molecule has 1 aromatic rings. The lowest BCUT2D eigenvalue weighted by Crippen LogP contribution is -2.22. The number of hydrogen-bond donors (Lipinski definition) is 3. The van der Waals surface area contributed by atoms with Crippen LogP contribution in [0.5, 0.6) is 5.75 Å². The van der Waals surface area contributed by atoms with Gasteiger partial charge < -0.3 is 21.1 Å². The summed E-state index contributed by atoms with van der Waals surface area (Å²) in [5.74, 6) is 0.120. The topological polar surface area (TPSA) is 93.5 Å². The highest BCUT2D eigenvalue weighted by molar-refractivity contribution is 5.96. The van der Waals surface area contributed by atoms with Gasteiger partial charge in [0.05, 0.1) is 19.3 Å². The molecule has 0 aliphatic carbocycles. The van der Waals surface area contributed by atoms with Crippen LogP contribution in [0.3, 0.4) is 0 Å². The van der Waals surface area contributed by atoms with Gasteiger partial charge >= 0.3 is 0 Å². The molecule has 0 atom stereocenters. The Morgan fingerprint density at radius 2 is 2.00 bits per heavy atom. The highest BCUT2D eigenvalue weighted by Crippen LogP contribution is 2.27. The summed E-state index contributed by atoms with van der Waals surface area (Å²) in [7, 11) is 1.50. The summed E-state index contributed by atoms with van der Waals surface area (Å²) in [4.78, 5) is 22.8. The predicted molar refractivity (Wildman–Crippen MR) is 74.2 cm³/mol. The lowest BCUT2D eigenvalue weighted by Gasteiger charge is -2.12. The summed E-state index contributed by atoms with van der Waals surface area (Å²) in [5, 5.41) is 5.37. The zero-order chi connectivity index (χ0) is 14.3. The van der Waals surface area contributed by atoms with Crippen molar-refractivity contribution in [2.75, 3.05) is 24.3 Å². The minimum Gasteiger partial charge on any atom is -0.495 e. The summed E-state index contributed by atoms with van der Waals surface area (Å²) in [6.45, 7) is 1.82. The fourth-order valence-electron chi connectivity index (χ4n) is 1.54. The van der Waals surface area contributed by atoms with E-state index in [4.69, 9.17) is 10.5 Å². The fraction of sp³-hybridized carbons (Fsp3) is 0.385. The van der Waals surface area contributed by atoms with Crippen molar-refractivity contribution in [2.45, 2.75) is 19.8 Å². The maximum atomic E-state index is 11.5. The Labute approximate surface area is 112 Å². The first kappa shape index (κ1) is 15.0. The van der Waals surface area contributed by atoms with E-state index in [2.05, 4.69) is 10.6 Å². The van der Waals surface area contributed by atoms with E-state index in [9.17, 15) is 9.59 Å². The average Bonchev–Trinajstić information content (AvgIpc) is 2.39. The molecule has 0 saturated carbocycles. The van der Waals surface area contributed by atoms with Gasteiger partial charge in [0.15, 0.2) is 0 Å². The molecule has 0 spiro atoms. The van der Waals surface area contributed by atoms with E-state index >= 15 is 0 Å². The van der Waals surface area contributed by atoms with Gasteiger partial charge in [-0.15, -0.1) is 0 Å². The van der Waals surface area contributed by atoms with Crippen LogP contribution in [0.25, 0.3) is 0 Å². The first-order valence-corrected chi connectivity index (χ1v) is 6.08. The highest BCUT2D eigenvalue weighted by Gasteiger charge is 2.09. The molecule has 1 aromatic carbocycles. The molecule has 19 heavy (non-hydrogen) atoms. The number of ether oxygens (including phenoxy) is 1. The van der Waals surface area contributed by atoms with Gasteiger partial charge in [0, 0.05) is 12.1 Å². The maximum absolute atomic E-state index is 11.5. The van der Waals surface area contributed by atoms with Crippen molar-refractivity contribution >= 4 is 23.2 Å².